The van der Waals surface area contributed by atoms with Crippen LogP contribution in [0.3, 0.4) is 0 Å². The molecule has 0 aliphatic rings. The highest BCUT2D eigenvalue weighted by Gasteiger charge is 2.04. The Hall–Kier alpha value is -0.620. The van der Waals surface area contributed by atoms with Crippen molar-refractivity contribution in [2.75, 3.05) is 34.2 Å². The van der Waals surface area contributed by atoms with Crippen molar-refractivity contribution in [3.63, 3.8) is 0 Å². The van der Waals surface area contributed by atoms with Crippen LogP contribution in [0.5, 0.6) is 5.75 Å². The predicted octanol–water partition coefficient (Wildman–Crippen LogP) is 2.17. The summed E-state index contributed by atoms with van der Waals surface area (Å²) in [5.74, 6) is 0.833. The summed E-state index contributed by atoms with van der Waals surface area (Å²) in [5, 5.41) is 3.28. The highest BCUT2D eigenvalue weighted by Crippen LogP contribution is 2.23. The van der Waals surface area contributed by atoms with Crippen molar-refractivity contribution < 1.29 is 14.2 Å². The molecule has 0 spiro atoms. The molecule has 0 atom stereocenters. The van der Waals surface area contributed by atoms with Gasteiger partial charge in [-0.1, -0.05) is 15.9 Å². The van der Waals surface area contributed by atoms with Gasteiger partial charge in [0.1, 0.15) is 5.75 Å². The van der Waals surface area contributed by atoms with Crippen LogP contribution in [-0.2, 0) is 16.0 Å². The topological polar surface area (TPSA) is 39.7 Å². The average Bonchev–Trinajstić information content (AvgIpc) is 2.33. The third-order valence-corrected chi connectivity index (χ3v) is 2.65. The molecule has 5 heteroatoms. The van der Waals surface area contributed by atoms with E-state index in [9.17, 15) is 0 Å². The maximum absolute atomic E-state index is 5.48. The minimum absolute atomic E-state index is 0.257. The van der Waals surface area contributed by atoms with Crippen molar-refractivity contribution in [3.05, 3.63) is 28.2 Å². The van der Waals surface area contributed by atoms with Crippen LogP contribution in [0, 0.1) is 0 Å². The summed E-state index contributed by atoms with van der Waals surface area (Å²) in [4.78, 5) is 0. The third kappa shape index (κ3) is 5.50. The maximum Gasteiger partial charge on any atom is 0.188 e. The predicted molar refractivity (Wildman–Crippen MR) is 70.2 cm³/mol. The quantitative estimate of drug-likeness (QED) is 0.590. The zero-order valence-corrected chi connectivity index (χ0v) is 11.7. The minimum atomic E-state index is 0.257. The third-order valence-electron chi connectivity index (χ3n) is 2.15. The van der Waals surface area contributed by atoms with Crippen LogP contribution in [-0.4, -0.2) is 34.2 Å². The van der Waals surface area contributed by atoms with Gasteiger partial charge in [0.15, 0.2) is 6.79 Å². The fourth-order valence-electron chi connectivity index (χ4n) is 1.35. The molecule has 0 saturated heterocycles. The Morgan fingerprint density at radius 1 is 1.24 bits per heavy atom. The van der Waals surface area contributed by atoms with Gasteiger partial charge in [-0.3, -0.25) is 0 Å². The van der Waals surface area contributed by atoms with Crippen LogP contribution >= 0.6 is 15.9 Å². The normalized spacial score (nSPS) is 10.5. The molecule has 1 aromatic rings. The minimum Gasteiger partial charge on any atom is -0.467 e. The second-order valence-corrected chi connectivity index (χ2v) is 4.39. The van der Waals surface area contributed by atoms with Gasteiger partial charge in [0.2, 0.25) is 0 Å². The van der Waals surface area contributed by atoms with Gasteiger partial charge in [0, 0.05) is 37.3 Å². The fourth-order valence-corrected chi connectivity index (χ4v) is 1.76. The van der Waals surface area contributed by atoms with E-state index in [1.165, 1.54) is 0 Å². The molecule has 0 amide bonds. The fraction of sp³-hybridized carbons (Fsp3) is 0.500. The molecule has 0 bridgehead atoms. The molecule has 0 aromatic heterocycles. The molecule has 0 unspecified atom stereocenters. The van der Waals surface area contributed by atoms with Crippen molar-refractivity contribution in [1.29, 1.82) is 0 Å². The van der Waals surface area contributed by atoms with Crippen LogP contribution in [0.1, 0.15) is 5.56 Å². The Morgan fingerprint density at radius 3 is 2.76 bits per heavy atom. The van der Waals surface area contributed by atoms with Crippen LogP contribution in [0.2, 0.25) is 0 Å². The molecule has 0 aliphatic heterocycles. The van der Waals surface area contributed by atoms with E-state index in [-0.39, 0.29) is 6.79 Å². The summed E-state index contributed by atoms with van der Waals surface area (Å²) in [6, 6.07) is 5.91. The number of benzene rings is 1. The first kappa shape index (κ1) is 14.4. The summed E-state index contributed by atoms with van der Waals surface area (Å²) >= 11 is 3.45. The molecular weight excluding hydrogens is 286 g/mol. The van der Waals surface area contributed by atoms with E-state index in [1.807, 2.05) is 18.2 Å². The number of hydrogen-bond acceptors (Lipinski definition) is 4. The largest absolute Gasteiger partial charge is 0.467 e. The smallest absolute Gasteiger partial charge is 0.188 e. The number of methoxy groups -OCH3 is 2. The average molecular weight is 304 g/mol. The van der Waals surface area contributed by atoms with Crippen LogP contribution in [0.15, 0.2) is 22.7 Å². The summed E-state index contributed by atoms with van der Waals surface area (Å²) in [5.41, 5.74) is 1.09. The maximum atomic E-state index is 5.48. The van der Waals surface area contributed by atoms with Gasteiger partial charge in [0.25, 0.3) is 0 Å². The van der Waals surface area contributed by atoms with Gasteiger partial charge in [-0.15, -0.1) is 0 Å². The molecule has 17 heavy (non-hydrogen) atoms. The Labute approximate surface area is 110 Å². The van der Waals surface area contributed by atoms with Gasteiger partial charge in [-0.25, -0.2) is 0 Å². The number of nitrogens with one attached hydrogen (secondary N) is 1. The summed E-state index contributed by atoms with van der Waals surface area (Å²) in [6.07, 6.45) is 0. The summed E-state index contributed by atoms with van der Waals surface area (Å²) in [7, 11) is 3.29. The van der Waals surface area contributed by atoms with E-state index in [1.54, 1.807) is 14.2 Å². The second kappa shape index (κ2) is 8.47. The molecule has 4 nitrogen and oxygen atoms in total. The number of hydrogen-bond donors (Lipinski definition) is 1. The van der Waals surface area contributed by atoms with Gasteiger partial charge in [0.05, 0.1) is 6.61 Å². The number of ether oxygens (including phenoxy) is 3. The first-order chi connectivity index (χ1) is 8.27. The molecule has 0 radical (unpaired) electrons. The monoisotopic (exact) mass is 303 g/mol. The van der Waals surface area contributed by atoms with Gasteiger partial charge in [-0.2, -0.15) is 0 Å². The molecular formula is C12H18BrNO3. The zero-order chi connectivity index (χ0) is 12.5. The molecule has 1 N–H and O–H groups in total. The van der Waals surface area contributed by atoms with E-state index in [0.29, 0.717) is 6.61 Å². The highest BCUT2D eigenvalue weighted by molar-refractivity contribution is 9.10. The van der Waals surface area contributed by atoms with Crippen LogP contribution < -0.4 is 10.1 Å². The van der Waals surface area contributed by atoms with Crippen molar-refractivity contribution in [3.8, 4) is 5.75 Å². The number of rotatable bonds is 8. The Kier molecular flexibility index (Phi) is 7.19. The lowest BCUT2D eigenvalue weighted by molar-refractivity contribution is 0.0503. The number of halogens is 1. The van der Waals surface area contributed by atoms with E-state index in [0.717, 1.165) is 28.9 Å². The molecule has 0 aliphatic carbocycles. The Morgan fingerprint density at radius 2 is 2.06 bits per heavy atom. The van der Waals surface area contributed by atoms with Gasteiger partial charge in [-0.05, 0) is 18.2 Å². The standard InChI is InChI=1S/C12H18BrNO3/c1-15-6-5-14-8-10-7-11(13)3-4-12(10)17-9-16-2/h3-4,7,14H,5-6,8-9H2,1-2H3. The van der Waals surface area contributed by atoms with Crippen molar-refractivity contribution >= 4 is 15.9 Å². The van der Waals surface area contributed by atoms with Gasteiger partial charge < -0.3 is 19.5 Å². The Balaban J connectivity index is 2.56. The summed E-state index contributed by atoms with van der Waals surface area (Å²) < 4.78 is 16.4. The summed E-state index contributed by atoms with van der Waals surface area (Å²) in [6.45, 7) is 2.50. The second-order valence-electron chi connectivity index (χ2n) is 3.47. The van der Waals surface area contributed by atoms with Crippen LogP contribution in [0.4, 0.5) is 0 Å². The lowest BCUT2D eigenvalue weighted by Gasteiger charge is -2.12. The SMILES string of the molecule is COCCNCc1cc(Br)ccc1OCOC. The molecule has 0 saturated carbocycles. The van der Waals surface area contributed by atoms with Gasteiger partial charge >= 0.3 is 0 Å². The van der Waals surface area contributed by atoms with Crippen LogP contribution in [0.25, 0.3) is 0 Å². The molecule has 96 valence electrons. The zero-order valence-electron chi connectivity index (χ0n) is 10.2. The van der Waals surface area contributed by atoms with Crippen molar-refractivity contribution in [1.82, 2.24) is 5.32 Å². The first-order valence-electron chi connectivity index (χ1n) is 5.37. The Bertz CT molecular complexity index is 334. The van der Waals surface area contributed by atoms with E-state index >= 15 is 0 Å². The van der Waals surface area contributed by atoms with E-state index < -0.39 is 0 Å². The molecule has 1 aromatic carbocycles. The van der Waals surface area contributed by atoms with E-state index in [2.05, 4.69) is 21.2 Å². The molecule has 1 rings (SSSR count). The highest BCUT2D eigenvalue weighted by atomic mass is 79.9. The van der Waals surface area contributed by atoms with Crippen molar-refractivity contribution in [2.45, 2.75) is 6.54 Å². The van der Waals surface area contributed by atoms with Crippen molar-refractivity contribution in [2.24, 2.45) is 0 Å². The first-order valence-corrected chi connectivity index (χ1v) is 6.17. The molecule has 0 heterocycles. The lowest BCUT2D eigenvalue weighted by atomic mass is 10.2. The van der Waals surface area contributed by atoms with E-state index in [4.69, 9.17) is 14.2 Å². The molecule has 0 fully saturated rings. The lowest BCUT2D eigenvalue weighted by Crippen LogP contribution is -2.19.